The summed E-state index contributed by atoms with van der Waals surface area (Å²) in [5.41, 5.74) is 3.04. The first-order valence-corrected chi connectivity index (χ1v) is 17.0. The molecule has 2 heterocycles. The summed E-state index contributed by atoms with van der Waals surface area (Å²) in [4.78, 5) is 26.3. The number of anilines is 1. The number of nitrogens with zero attached hydrogens (tertiary/aromatic N) is 1. The molecular formula is C36H52N2O11. The summed E-state index contributed by atoms with van der Waals surface area (Å²) >= 11 is 0. The van der Waals surface area contributed by atoms with Gasteiger partial charge in [0.05, 0.1) is 84.9 Å². The van der Waals surface area contributed by atoms with Crippen LogP contribution >= 0.6 is 0 Å². The normalized spacial score (nSPS) is 25.0. The zero-order valence-electron chi connectivity index (χ0n) is 28.9. The van der Waals surface area contributed by atoms with Crippen molar-refractivity contribution in [1.29, 1.82) is 0 Å². The molecule has 2 saturated heterocycles. The van der Waals surface area contributed by atoms with Gasteiger partial charge in [0, 0.05) is 43.7 Å². The van der Waals surface area contributed by atoms with Crippen LogP contribution in [0.3, 0.4) is 0 Å². The minimum Gasteiger partial charge on any atom is -0.453 e. The maximum atomic E-state index is 12.7. The zero-order chi connectivity index (χ0) is 34.8. The number of esters is 1. The molecule has 49 heavy (non-hydrogen) atoms. The maximum absolute atomic E-state index is 12.7. The van der Waals surface area contributed by atoms with Crippen molar-refractivity contribution in [3.63, 3.8) is 0 Å². The van der Waals surface area contributed by atoms with Crippen molar-refractivity contribution >= 4 is 17.6 Å². The Labute approximate surface area is 289 Å². The van der Waals surface area contributed by atoms with Gasteiger partial charge >= 0.3 is 5.97 Å². The van der Waals surface area contributed by atoms with E-state index in [9.17, 15) is 14.7 Å². The highest BCUT2D eigenvalue weighted by atomic mass is 16.7. The number of hydrogen-bond donors (Lipinski definition) is 2. The van der Waals surface area contributed by atoms with E-state index in [2.05, 4.69) is 17.1 Å². The highest BCUT2D eigenvalue weighted by Gasteiger charge is 2.39. The minimum atomic E-state index is -0.945. The van der Waals surface area contributed by atoms with E-state index in [0.717, 1.165) is 16.7 Å². The summed E-state index contributed by atoms with van der Waals surface area (Å²) in [6, 6.07) is 15.0. The molecule has 5 unspecified atom stereocenters. The standard InChI is InChI=1S/C36H52N2O11/c1-26-33(24-38-11-13-42-15-17-44-19-21-46-22-20-45-18-16-43-14-12-38)48-36(49-34(26)30-9-7-29(25-39)8-10-30)31-5-4-6-32(23-31)37-35(41)27(2)47-28(3)40/h4-10,23,26-27,33-34,36,39H,11-22,24-25H2,1-3H3,(H,37,41). The highest BCUT2D eigenvalue weighted by molar-refractivity contribution is 5.95. The topological polar surface area (TPSA) is 143 Å². The van der Waals surface area contributed by atoms with Crippen LogP contribution in [0.5, 0.6) is 0 Å². The Hall–Kier alpha value is -2.98. The van der Waals surface area contributed by atoms with E-state index in [1.807, 2.05) is 36.4 Å². The van der Waals surface area contributed by atoms with E-state index >= 15 is 0 Å². The van der Waals surface area contributed by atoms with Crippen molar-refractivity contribution in [2.45, 2.75) is 52.0 Å². The molecule has 0 spiro atoms. The van der Waals surface area contributed by atoms with Crippen LogP contribution in [0.25, 0.3) is 0 Å². The van der Waals surface area contributed by atoms with E-state index in [4.69, 9.17) is 37.9 Å². The number of amides is 1. The predicted molar refractivity (Wildman–Crippen MR) is 180 cm³/mol. The van der Waals surface area contributed by atoms with E-state index < -0.39 is 24.3 Å². The third-order valence-electron chi connectivity index (χ3n) is 8.29. The van der Waals surface area contributed by atoms with Gasteiger partial charge in [0.2, 0.25) is 0 Å². The van der Waals surface area contributed by atoms with Crippen LogP contribution in [0, 0.1) is 5.92 Å². The Kier molecular flexibility index (Phi) is 16.9. The fourth-order valence-electron chi connectivity index (χ4n) is 5.56. The molecule has 0 aromatic heterocycles. The molecule has 13 heteroatoms. The molecule has 0 saturated carbocycles. The van der Waals surface area contributed by atoms with Crippen molar-refractivity contribution in [2.24, 2.45) is 5.92 Å². The minimum absolute atomic E-state index is 0.0393. The van der Waals surface area contributed by atoms with E-state index in [0.29, 0.717) is 91.4 Å². The summed E-state index contributed by atoms with van der Waals surface area (Å²) in [6.07, 6.45) is -2.24. The first-order chi connectivity index (χ1) is 23.8. The number of ether oxygens (including phenoxy) is 8. The summed E-state index contributed by atoms with van der Waals surface area (Å²) < 4.78 is 46.8. The molecule has 2 aromatic carbocycles. The average molecular weight is 689 g/mol. The molecular weight excluding hydrogens is 636 g/mol. The average Bonchev–Trinajstić information content (AvgIpc) is 3.09. The molecule has 0 aliphatic carbocycles. The number of benzene rings is 2. The Morgan fingerprint density at radius 2 is 1.41 bits per heavy atom. The first-order valence-electron chi connectivity index (χ1n) is 17.0. The third-order valence-corrected chi connectivity index (χ3v) is 8.29. The van der Waals surface area contributed by atoms with Crippen LogP contribution in [0.15, 0.2) is 48.5 Å². The van der Waals surface area contributed by atoms with Crippen molar-refractivity contribution < 1.29 is 52.6 Å². The number of carbonyl (C=O) groups is 2. The van der Waals surface area contributed by atoms with Gasteiger partial charge in [0.1, 0.15) is 0 Å². The van der Waals surface area contributed by atoms with Crippen molar-refractivity contribution in [3.05, 3.63) is 65.2 Å². The summed E-state index contributed by atoms with van der Waals surface area (Å²) in [5.74, 6) is -1.01. The number of carbonyl (C=O) groups excluding carboxylic acids is 2. The second kappa shape index (κ2) is 21.3. The molecule has 272 valence electrons. The Morgan fingerprint density at radius 3 is 1.96 bits per heavy atom. The smallest absolute Gasteiger partial charge is 0.303 e. The summed E-state index contributed by atoms with van der Waals surface area (Å²) in [5, 5.41) is 12.4. The lowest BCUT2D eigenvalue weighted by Crippen LogP contribution is -2.46. The van der Waals surface area contributed by atoms with Gasteiger partial charge in [-0.3, -0.25) is 14.5 Å². The molecule has 0 radical (unpaired) electrons. The lowest BCUT2D eigenvalue weighted by Gasteiger charge is -2.43. The third kappa shape index (κ3) is 13.3. The molecule has 2 aliphatic heterocycles. The van der Waals surface area contributed by atoms with Gasteiger partial charge < -0.3 is 48.3 Å². The Balaban J connectivity index is 1.50. The SMILES string of the molecule is CC(=O)OC(C)C(=O)Nc1cccc(C2OC(CN3CCOCCOCCOCCOCCOCC3)C(C)C(c3ccc(CO)cc3)O2)c1. The monoisotopic (exact) mass is 688 g/mol. The molecule has 1 amide bonds. The summed E-state index contributed by atoms with van der Waals surface area (Å²) in [7, 11) is 0. The largest absolute Gasteiger partial charge is 0.453 e. The van der Waals surface area contributed by atoms with Gasteiger partial charge in [-0.15, -0.1) is 0 Å². The van der Waals surface area contributed by atoms with Crippen LogP contribution < -0.4 is 5.32 Å². The van der Waals surface area contributed by atoms with Gasteiger partial charge in [-0.2, -0.15) is 0 Å². The molecule has 5 atom stereocenters. The molecule has 2 aliphatic rings. The van der Waals surface area contributed by atoms with Crippen LogP contribution in [0.4, 0.5) is 5.69 Å². The lowest BCUT2D eigenvalue weighted by atomic mass is 9.90. The van der Waals surface area contributed by atoms with E-state index in [1.54, 1.807) is 12.1 Å². The van der Waals surface area contributed by atoms with Gasteiger partial charge in [-0.25, -0.2) is 0 Å². The second-order valence-electron chi connectivity index (χ2n) is 12.1. The first kappa shape index (κ1) is 38.8. The highest BCUT2D eigenvalue weighted by Crippen LogP contribution is 2.42. The van der Waals surface area contributed by atoms with Crippen molar-refractivity contribution in [1.82, 2.24) is 4.90 Å². The fourth-order valence-corrected chi connectivity index (χ4v) is 5.56. The molecule has 0 bridgehead atoms. The Morgan fingerprint density at radius 1 is 0.837 bits per heavy atom. The van der Waals surface area contributed by atoms with Crippen LogP contribution in [0.2, 0.25) is 0 Å². The second-order valence-corrected chi connectivity index (χ2v) is 12.1. The quantitative estimate of drug-likeness (QED) is 0.393. The van der Waals surface area contributed by atoms with Gasteiger partial charge in [-0.05, 0) is 30.2 Å². The number of hydrogen-bond acceptors (Lipinski definition) is 12. The lowest BCUT2D eigenvalue weighted by molar-refractivity contribution is -0.276. The molecule has 13 nitrogen and oxygen atoms in total. The van der Waals surface area contributed by atoms with Crippen LogP contribution in [-0.2, 0) is 54.1 Å². The maximum Gasteiger partial charge on any atom is 0.303 e. The van der Waals surface area contributed by atoms with E-state index in [1.165, 1.54) is 13.8 Å². The van der Waals surface area contributed by atoms with Crippen LogP contribution in [0.1, 0.15) is 49.9 Å². The van der Waals surface area contributed by atoms with Crippen LogP contribution in [-0.4, -0.2) is 120 Å². The zero-order valence-corrected chi connectivity index (χ0v) is 28.9. The number of aliphatic hydroxyl groups is 1. The summed E-state index contributed by atoms with van der Waals surface area (Å²) in [6.45, 7) is 11.8. The van der Waals surface area contributed by atoms with Gasteiger partial charge in [0.25, 0.3) is 5.91 Å². The molecule has 2 N–H and O–H groups in total. The molecule has 2 aromatic rings. The molecule has 4 rings (SSSR count). The fraction of sp³-hybridized carbons (Fsp3) is 0.611. The predicted octanol–water partition coefficient (Wildman–Crippen LogP) is 3.26. The van der Waals surface area contributed by atoms with Gasteiger partial charge in [-0.1, -0.05) is 43.3 Å². The number of aliphatic hydroxyl groups excluding tert-OH is 1. The number of rotatable bonds is 8. The van der Waals surface area contributed by atoms with E-state index in [-0.39, 0.29) is 24.7 Å². The van der Waals surface area contributed by atoms with Gasteiger partial charge in [0.15, 0.2) is 12.4 Å². The van der Waals surface area contributed by atoms with Crippen molar-refractivity contribution in [2.75, 3.05) is 91.0 Å². The Bertz CT molecular complexity index is 1250. The van der Waals surface area contributed by atoms with Crippen molar-refractivity contribution in [3.8, 4) is 0 Å². The number of nitrogens with one attached hydrogen (secondary N) is 1. The molecule has 2 fully saturated rings.